The first kappa shape index (κ1) is 8.68. The zero-order valence-corrected chi connectivity index (χ0v) is 7.98. The summed E-state index contributed by atoms with van der Waals surface area (Å²) in [5.74, 6) is -0.187. The molecule has 0 spiro atoms. The van der Waals surface area contributed by atoms with Crippen LogP contribution in [0.15, 0.2) is 18.5 Å². The molecule has 2 aromatic heterocycles. The Balaban J connectivity index is 2.60. The van der Waals surface area contributed by atoms with E-state index in [0.29, 0.717) is 5.69 Å². The van der Waals surface area contributed by atoms with E-state index in [0.717, 1.165) is 10.9 Å². The van der Waals surface area contributed by atoms with Crippen LogP contribution in [0.25, 0.3) is 10.9 Å². The summed E-state index contributed by atoms with van der Waals surface area (Å²) in [6, 6.07) is 1.72. The number of nitrogens with zero attached hydrogens (tertiary/aromatic N) is 3. The van der Waals surface area contributed by atoms with Crippen LogP contribution in [-0.4, -0.2) is 27.7 Å². The van der Waals surface area contributed by atoms with Crippen LogP contribution in [-0.2, 0) is 7.05 Å². The molecule has 0 bridgehead atoms. The van der Waals surface area contributed by atoms with Crippen molar-refractivity contribution in [2.75, 3.05) is 7.05 Å². The average molecular weight is 190 g/mol. The molecule has 5 nitrogen and oxygen atoms in total. The molecule has 14 heavy (non-hydrogen) atoms. The highest BCUT2D eigenvalue weighted by molar-refractivity contribution is 5.95. The number of pyridine rings is 1. The van der Waals surface area contributed by atoms with Crippen LogP contribution in [0.1, 0.15) is 10.5 Å². The summed E-state index contributed by atoms with van der Waals surface area (Å²) in [5.41, 5.74) is 1.31. The van der Waals surface area contributed by atoms with Gasteiger partial charge in [-0.3, -0.25) is 14.5 Å². The van der Waals surface area contributed by atoms with E-state index in [-0.39, 0.29) is 5.91 Å². The van der Waals surface area contributed by atoms with Crippen LogP contribution in [0.5, 0.6) is 0 Å². The molecule has 0 unspecified atom stereocenters. The Morgan fingerprint density at radius 2 is 2.29 bits per heavy atom. The van der Waals surface area contributed by atoms with Crippen molar-refractivity contribution < 1.29 is 4.79 Å². The molecule has 0 radical (unpaired) electrons. The topological polar surface area (TPSA) is 59.8 Å². The van der Waals surface area contributed by atoms with Gasteiger partial charge in [-0.1, -0.05) is 0 Å². The minimum Gasteiger partial charge on any atom is -0.354 e. The van der Waals surface area contributed by atoms with Crippen LogP contribution in [0.2, 0.25) is 0 Å². The van der Waals surface area contributed by atoms with Gasteiger partial charge >= 0.3 is 0 Å². The molecule has 0 aliphatic rings. The van der Waals surface area contributed by atoms with Crippen molar-refractivity contribution in [1.82, 2.24) is 20.1 Å². The van der Waals surface area contributed by atoms with Gasteiger partial charge in [0.2, 0.25) is 0 Å². The molecule has 0 aromatic carbocycles. The first-order chi connectivity index (χ1) is 6.72. The van der Waals surface area contributed by atoms with Gasteiger partial charge in [0.25, 0.3) is 5.91 Å². The number of carbonyl (C=O) groups is 1. The van der Waals surface area contributed by atoms with E-state index < -0.39 is 0 Å². The number of aromatic nitrogens is 3. The van der Waals surface area contributed by atoms with Gasteiger partial charge in [0.05, 0.1) is 11.7 Å². The van der Waals surface area contributed by atoms with Gasteiger partial charge in [-0.15, -0.1) is 0 Å². The second kappa shape index (κ2) is 3.10. The first-order valence-corrected chi connectivity index (χ1v) is 4.22. The van der Waals surface area contributed by atoms with Gasteiger partial charge in [-0.2, -0.15) is 5.10 Å². The zero-order chi connectivity index (χ0) is 10.1. The Morgan fingerprint density at radius 3 is 3.00 bits per heavy atom. The summed E-state index contributed by atoms with van der Waals surface area (Å²) in [7, 11) is 3.41. The number of carbonyl (C=O) groups excluding carboxylic acids is 1. The van der Waals surface area contributed by atoms with E-state index in [1.807, 2.05) is 7.05 Å². The summed E-state index contributed by atoms with van der Waals surface area (Å²) in [6.07, 6.45) is 3.36. The number of aryl methyl sites for hydroxylation is 1. The van der Waals surface area contributed by atoms with Crippen molar-refractivity contribution in [3.05, 3.63) is 24.2 Å². The summed E-state index contributed by atoms with van der Waals surface area (Å²) in [5, 5.41) is 7.52. The lowest BCUT2D eigenvalue weighted by molar-refractivity contribution is 0.0958. The van der Waals surface area contributed by atoms with E-state index in [9.17, 15) is 4.79 Å². The van der Waals surface area contributed by atoms with Gasteiger partial charge in [0, 0.05) is 25.7 Å². The third kappa shape index (κ3) is 1.22. The second-order valence-corrected chi connectivity index (χ2v) is 2.98. The number of nitrogens with one attached hydrogen (secondary N) is 1. The van der Waals surface area contributed by atoms with E-state index in [1.165, 1.54) is 0 Å². The molecular weight excluding hydrogens is 180 g/mol. The number of hydrogen-bond acceptors (Lipinski definition) is 3. The van der Waals surface area contributed by atoms with E-state index >= 15 is 0 Å². The normalized spacial score (nSPS) is 10.4. The third-order valence-corrected chi connectivity index (χ3v) is 2.09. The highest BCUT2D eigenvalue weighted by atomic mass is 16.1. The van der Waals surface area contributed by atoms with Crippen LogP contribution in [0.4, 0.5) is 0 Å². The largest absolute Gasteiger partial charge is 0.354 e. The summed E-state index contributed by atoms with van der Waals surface area (Å²) in [4.78, 5) is 15.3. The minimum atomic E-state index is -0.187. The van der Waals surface area contributed by atoms with Gasteiger partial charge < -0.3 is 5.32 Å². The Kier molecular flexibility index (Phi) is 1.92. The van der Waals surface area contributed by atoms with Crippen LogP contribution in [0.3, 0.4) is 0 Å². The lowest BCUT2D eigenvalue weighted by Crippen LogP contribution is -2.19. The van der Waals surface area contributed by atoms with Crippen molar-refractivity contribution in [2.24, 2.45) is 7.05 Å². The smallest absolute Gasteiger partial charge is 0.269 e. The van der Waals surface area contributed by atoms with E-state index in [1.54, 1.807) is 30.2 Å². The Morgan fingerprint density at radius 1 is 1.50 bits per heavy atom. The standard InChI is InChI=1S/C9H10N4O/c1-10-9(14)7-3-8-6(4-11-7)5-12-13(8)2/h3-5H,1-2H3,(H,10,14). The number of rotatable bonds is 1. The molecule has 0 aliphatic heterocycles. The van der Waals surface area contributed by atoms with Crippen LogP contribution < -0.4 is 5.32 Å². The fourth-order valence-electron chi connectivity index (χ4n) is 1.30. The van der Waals surface area contributed by atoms with Gasteiger partial charge in [0.1, 0.15) is 5.69 Å². The quantitative estimate of drug-likeness (QED) is 0.704. The molecule has 2 heterocycles. The van der Waals surface area contributed by atoms with Crippen molar-refractivity contribution in [2.45, 2.75) is 0 Å². The Hall–Kier alpha value is -1.91. The molecule has 72 valence electrons. The number of amides is 1. The van der Waals surface area contributed by atoms with Crippen molar-refractivity contribution in [3.63, 3.8) is 0 Å². The summed E-state index contributed by atoms with van der Waals surface area (Å²) >= 11 is 0. The zero-order valence-electron chi connectivity index (χ0n) is 7.98. The molecule has 0 saturated heterocycles. The fourth-order valence-corrected chi connectivity index (χ4v) is 1.30. The molecule has 1 N–H and O–H groups in total. The number of fused-ring (bicyclic) bond motifs is 1. The highest BCUT2D eigenvalue weighted by Crippen LogP contribution is 2.11. The van der Waals surface area contributed by atoms with Gasteiger partial charge in [-0.25, -0.2) is 0 Å². The molecule has 2 aromatic rings. The molecule has 0 saturated carbocycles. The molecule has 0 fully saturated rings. The molecule has 0 aliphatic carbocycles. The molecule has 0 atom stereocenters. The maximum absolute atomic E-state index is 11.3. The van der Waals surface area contributed by atoms with Crippen LogP contribution >= 0.6 is 0 Å². The fraction of sp³-hybridized carbons (Fsp3) is 0.222. The maximum Gasteiger partial charge on any atom is 0.269 e. The predicted octanol–water partition coefficient (Wildman–Crippen LogP) is 0.328. The second-order valence-electron chi connectivity index (χ2n) is 2.98. The van der Waals surface area contributed by atoms with Gasteiger partial charge in [0.15, 0.2) is 0 Å². The molecular formula is C9H10N4O. The monoisotopic (exact) mass is 190 g/mol. The first-order valence-electron chi connectivity index (χ1n) is 4.22. The average Bonchev–Trinajstić information content (AvgIpc) is 2.59. The summed E-state index contributed by atoms with van der Waals surface area (Å²) in [6.45, 7) is 0. The minimum absolute atomic E-state index is 0.187. The lowest BCUT2D eigenvalue weighted by Gasteiger charge is -1.99. The molecule has 1 amide bonds. The summed E-state index contributed by atoms with van der Waals surface area (Å²) < 4.78 is 1.71. The maximum atomic E-state index is 11.3. The van der Waals surface area contributed by atoms with E-state index in [4.69, 9.17) is 0 Å². The molecule has 5 heteroatoms. The van der Waals surface area contributed by atoms with Crippen molar-refractivity contribution >= 4 is 16.8 Å². The van der Waals surface area contributed by atoms with Crippen molar-refractivity contribution in [3.8, 4) is 0 Å². The Labute approximate surface area is 80.7 Å². The SMILES string of the molecule is CNC(=O)c1cc2c(cn1)cnn2C. The Bertz CT molecular complexity index is 489. The third-order valence-electron chi connectivity index (χ3n) is 2.09. The lowest BCUT2D eigenvalue weighted by atomic mass is 10.3. The highest BCUT2D eigenvalue weighted by Gasteiger charge is 2.07. The number of hydrogen-bond donors (Lipinski definition) is 1. The van der Waals surface area contributed by atoms with Crippen LogP contribution in [0, 0.1) is 0 Å². The van der Waals surface area contributed by atoms with Crippen molar-refractivity contribution in [1.29, 1.82) is 0 Å². The molecule has 2 rings (SSSR count). The van der Waals surface area contributed by atoms with E-state index in [2.05, 4.69) is 15.4 Å². The van der Waals surface area contributed by atoms with Gasteiger partial charge in [-0.05, 0) is 6.07 Å². The predicted molar refractivity (Wildman–Crippen MR) is 51.9 cm³/mol.